The second-order valence-corrected chi connectivity index (χ2v) is 5.80. The molecule has 1 aromatic rings. The largest absolute Gasteiger partial charge is 0.334 e. The van der Waals surface area contributed by atoms with Gasteiger partial charge in [0.05, 0.1) is 0 Å². The molecule has 0 bridgehead atoms. The van der Waals surface area contributed by atoms with Crippen LogP contribution in [0.3, 0.4) is 0 Å². The normalized spacial score (nSPS) is 19.3. The lowest BCUT2D eigenvalue weighted by Gasteiger charge is -2.33. The van der Waals surface area contributed by atoms with Crippen molar-refractivity contribution >= 4 is 23.5 Å². The number of rotatable bonds is 3. The Balaban J connectivity index is 2.26. The molecule has 0 aliphatic carbocycles. The number of hydrazine groups is 1. The minimum Gasteiger partial charge on any atom is -0.334 e. The van der Waals surface area contributed by atoms with Crippen LogP contribution in [0.4, 0.5) is 5.82 Å². The summed E-state index contributed by atoms with van der Waals surface area (Å²) >= 11 is 1.90. The third-order valence-electron chi connectivity index (χ3n) is 3.26. The van der Waals surface area contributed by atoms with Crippen LogP contribution in [0.25, 0.3) is 0 Å². The van der Waals surface area contributed by atoms with Gasteiger partial charge in [0.2, 0.25) is 0 Å². The summed E-state index contributed by atoms with van der Waals surface area (Å²) in [6.07, 6.45) is 0.779. The summed E-state index contributed by atoms with van der Waals surface area (Å²) in [5.74, 6) is 8.02. The molecule has 0 aromatic carbocycles. The van der Waals surface area contributed by atoms with Gasteiger partial charge in [0.15, 0.2) is 0 Å². The molecule has 19 heavy (non-hydrogen) atoms. The van der Waals surface area contributed by atoms with E-state index in [0.29, 0.717) is 11.4 Å². The Hall–Kier alpha value is -1.27. The molecule has 2 rings (SSSR count). The number of hydrogen-bond acceptors (Lipinski definition) is 5. The summed E-state index contributed by atoms with van der Waals surface area (Å²) in [5.41, 5.74) is 4.06. The number of aromatic nitrogens is 1. The van der Waals surface area contributed by atoms with E-state index in [9.17, 15) is 4.79 Å². The van der Waals surface area contributed by atoms with Crippen molar-refractivity contribution in [3.05, 3.63) is 23.4 Å². The molecule has 1 aliphatic heterocycles. The second-order valence-electron chi connectivity index (χ2n) is 4.65. The Morgan fingerprint density at radius 2 is 2.42 bits per heavy atom. The van der Waals surface area contributed by atoms with Gasteiger partial charge in [-0.3, -0.25) is 4.79 Å². The van der Waals surface area contributed by atoms with E-state index >= 15 is 0 Å². The van der Waals surface area contributed by atoms with Gasteiger partial charge in [0.1, 0.15) is 5.82 Å². The molecular formula is C13H20N4OS. The standard InChI is InChI=1S/C13H20N4OS/c1-3-11-6-10(7-12(15-11)16-14)13(18)17-4-5-19-8-9(17)2/h6-7,9H,3-5,8,14H2,1-2H3,(H,15,16). The highest BCUT2D eigenvalue weighted by Gasteiger charge is 2.25. The van der Waals surface area contributed by atoms with Crippen molar-refractivity contribution in [1.82, 2.24) is 9.88 Å². The van der Waals surface area contributed by atoms with Crippen LogP contribution in [0.15, 0.2) is 12.1 Å². The smallest absolute Gasteiger partial charge is 0.254 e. The summed E-state index contributed by atoms with van der Waals surface area (Å²) in [6, 6.07) is 3.85. The molecule has 3 N–H and O–H groups in total. The number of thioether (sulfide) groups is 1. The second kappa shape index (κ2) is 6.25. The highest BCUT2D eigenvalue weighted by atomic mass is 32.2. The number of hydrogen-bond donors (Lipinski definition) is 2. The predicted molar refractivity (Wildman–Crippen MR) is 79.2 cm³/mol. The van der Waals surface area contributed by atoms with Crippen LogP contribution in [0.2, 0.25) is 0 Å². The lowest BCUT2D eigenvalue weighted by atomic mass is 10.1. The minimum absolute atomic E-state index is 0.0707. The van der Waals surface area contributed by atoms with Crippen molar-refractivity contribution in [2.45, 2.75) is 26.3 Å². The Morgan fingerprint density at radius 1 is 1.63 bits per heavy atom. The van der Waals surface area contributed by atoms with Gasteiger partial charge in [-0.1, -0.05) is 6.92 Å². The highest BCUT2D eigenvalue weighted by molar-refractivity contribution is 7.99. The van der Waals surface area contributed by atoms with Crippen LogP contribution in [-0.2, 0) is 6.42 Å². The molecule has 0 radical (unpaired) electrons. The molecule has 1 atom stereocenters. The van der Waals surface area contributed by atoms with Crippen LogP contribution in [-0.4, -0.2) is 39.9 Å². The summed E-state index contributed by atoms with van der Waals surface area (Å²) in [5, 5.41) is 0. The van der Waals surface area contributed by atoms with Crippen molar-refractivity contribution in [3.63, 3.8) is 0 Å². The number of nitrogens with zero attached hydrogens (tertiary/aromatic N) is 2. The maximum absolute atomic E-state index is 12.6. The molecule has 2 heterocycles. The maximum Gasteiger partial charge on any atom is 0.254 e. The molecule has 1 aromatic heterocycles. The molecule has 1 fully saturated rings. The van der Waals surface area contributed by atoms with Crippen molar-refractivity contribution in [2.24, 2.45) is 5.84 Å². The van der Waals surface area contributed by atoms with Crippen LogP contribution in [0.5, 0.6) is 0 Å². The average molecular weight is 280 g/mol. The molecular weight excluding hydrogens is 260 g/mol. The Labute approximate surface area is 117 Å². The van der Waals surface area contributed by atoms with Gasteiger partial charge in [-0.15, -0.1) is 0 Å². The molecule has 1 aliphatic rings. The molecule has 0 saturated carbocycles. The number of anilines is 1. The van der Waals surface area contributed by atoms with E-state index in [-0.39, 0.29) is 11.9 Å². The fourth-order valence-electron chi connectivity index (χ4n) is 2.16. The van der Waals surface area contributed by atoms with Gasteiger partial charge in [-0.05, 0) is 25.5 Å². The van der Waals surface area contributed by atoms with E-state index < -0.39 is 0 Å². The lowest BCUT2D eigenvalue weighted by molar-refractivity contribution is 0.0716. The molecule has 0 spiro atoms. The number of nitrogen functional groups attached to an aromatic ring is 1. The van der Waals surface area contributed by atoms with Crippen LogP contribution in [0.1, 0.15) is 29.9 Å². The van der Waals surface area contributed by atoms with E-state index in [4.69, 9.17) is 5.84 Å². The van der Waals surface area contributed by atoms with Gasteiger partial charge in [0.25, 0.3) is 5.91 Å². The predicted octanol–water partition coefficient (Wildman–Crippen LogP) is 1.51. The maximum atomic E-state index is 12.6. The molecule has 6 heteroatoms. The minimum atomic E-state index is 0.0707. The molecule has 5 nitrogen and oxygen atoms in total. The number of pyridine rings is 1. The Bertz CT molecular complexity index is 444. The summed E-state index contributed by atoms with van der Waals surface area (Å²) in [4.78, 5) is 18.8. The van der Waals surface area contributed by atoms with Crippen LogP contribution >= 0.6 is 11.8 Å². The van der Waals surface area contributed by atoms with Crippen molar-refractivity contribution in [3.8, 4) is 0 Å². The number of carbonyl (C=O) groups excluding carboxylic acids is 1. The van der Waals surface area contributed by atoms with E-state index in [1.807, 2.05) is 29.7 Å². The molecule has 104 valence electrons. The van der Waals surface area contributed by atoms with E-state index in [2.05, 4.69) is 17.3 Å². The van der Waals surface area contributed by atoms with Gasteiger partial charge in [0, 0.05) is 35.3 Å². The highest BCUT2D eigenvalue weighted by Crippen LogP contribution is 2.20. The molecule has 1 amide bonds. The zero-order valence-electron chi connectivity index (χ0n) is 11.3. The number of carbonyl (C=O) groups is 1. The number of amides is 1. The van der Waals surface area contributed by atoms with E-state index in [1.54, 1.807) is 6.07 Å². The summed E-state index contributed by atoms with van der Waals surface area (Å²) < 4.78 is 0. The average Bonchev–Trinajstić information content (AvgIpc) is 2.46. The number of aryl methyl sites for hydroxylation is 1. The zero-order chi connectivity index (χ0) is 13.8. The van der Waals surface area contributed by atoms with E-state index in [1.165, 1.54) is 0 Å². The fourth-order valence-corrected chi connectivity index (χ4v) is 3.17. The molecule has 1 saturated heterocycles. The van der Waals surface area contributed by atoms with Gasteiger partial charge in [-0.2, -0.15) is 11.8 Å². The number of nitrogens with two attached hydrogens (primary N) is 1. The number of nitrogens with one attached hydrogen (secondary N) is 1. The topological polar surface area (TPSA) is 71.2 Å². The summed E-state index contributed by atoms with van der Waals surface area (Å²) in [6.45, 7) is 4.91. The van der Waals surface area contributed by atoms with Crippen molar-refractivity contribution in [1.29, 1.82) is 0 Å². The first-order valence-electron chi connectivity index (χ1n) is 6.52. The van der Waals surface area contributed by atoms with Gasteiger partial charge >= 0.3 is 0 Å². The third kappa shape index (κ3) is 3.19. The molecule has 1 unspecified atom stereocenters. The first-order valence-corrected chi connectivity index (χ1v) is 7.67. The first kappa shape index (κ1) is 14.1. The Kier molecular flexibility index (Phi) is 4.66. The first-order chi connectivity index (χ1) is 9.15. The van der Waals surface area contributed by atoms with Gasteiger partial charge < -0.3 is 10.3 Å². The third-order valence-corrected chi connectivity index (χ3v) is 4.45. The monoisotopic (exact) mass is 280 g/mol. The Morgan fingerprint density at radius 3 is 3.05 bits per heavy atom. The van der Waals surface area contributed by atoms with Gasteiger partial charge in [-0.25, -0.2) is 10.8 Å². The van der Waals surface area contributed by atoms with E-state index in [0.717, 1.165) is 30.2 Å². The van der Waals surface area contributed by atoms with Crippen molar-refractivity contribution in [2.75, 3.05) is 23.5 Å². The lowest BCUT2D eigenvalue weighted by Crippen LogP contribution is -2.44. The van der Waals surface area contributed by atoms with Crippen LogP contribution < -0.4 is 11.3 Å². The quantitative estimate of drug-likeness (QED) is 0.648. The zero-order valence-corrected chi connectivity index (χ0v) is 12.2. The SMILES string of the molecule is CCc1cc(C(=O)N2CCSCC2C)cc(NN)n1. The van der Waals surface area contributed by atoms with Crippen molar-refractivity contribution < 1.29 is 4.79 Å². The van der Waals surface area contributed by atoms with Crippen LogP contribution in [0, 0.1) is 0 Å². The fraction of sp³-hybridized carbons (Fsp3) is 0.538. The summed E-state index contributed by atoms with van der Waals surface area (Å²) in [7, 11) is 0.